The summed E-state index contributed by atoms with van der Waals surface area (Å²) in [6.45, 7) is 1.48. The second kappa shape index (κ2) is 9.94. The Bertz CT molecular complexity index is 1150. The van der Waals surface area contributed by atoms with E-state index in [2.05, 4.69) is 10.3 Å². The first-order valence-electron chi connectivity index (χ1n) is 10.4. The van der Waals surface area contributed by atoms with Crippen LogP contribution in [-0.4, -0.2) is 80.4 Å². The number of benzene rings is 1. The summed E-state index contributed by atoms with van der Waals surface area (Å²) >= 11 is 5.85. The van der Waals surface area contributed by atoms with Crippen LogP contribution < -0.4 is 14.8 Å². The van der Waals surface area contributed by atoms with Gasteiger partial charge in [0.2, 0.25) is 15.9 Å². The van der Waals surface area contributed by atoms with E-state index in [1.807, 2.05) is 0 Å². The molecule has 2 aliphatic rings. The highest BCUT2D eigenvalue weighted by molar-refractivity contribution is 7.89. The number of hydrogen-bond acceptors (Lipinski definition) is 7. The summed E-state index contributed by atoms with van der Waals surface area (Å²) in [4.78, 5) is 30.2. The quantitative estimate of drug-likeness (QED) is 0.662. The zero-order valence-electron chi connectivity index (χ0n) is 17.7. The van der Waals surface area contributed by atoms with E-state index in [0.717, 1.165) is 6.42 Å². The fraction of sp³-hybridized carbons (Fsp3) is 0.381. The van der Waals surface area contributed by atoms with Crippen LogP contribution in [0.25, 0.3) is 0 Å². The number of pyridine rings is 1. The average molecular weight is 495 g/mol. The number of sulfonamides is 1. The average Bonchev–Trinajstić information content (AvgIpc) is 3.07. The minimum absolute atomic E-state index is 0.112. The van der Waals surface area contributed by atoms with Gasteiger partial charge in [-0.1, -0.05) is 11.6 Å². The van der Waals surface area contributed by atoms with Crippen molar-refractivity contribution in [3.63, 3.8) is 0 Å². The highest BCUT2D eigenvalue weighted by Gasteiger charge is 2.31. The van der Waals surface area contributed by atoms with Crippen molar-refractivity contribution in [1.82, 2.24) is 19.5 Å². The van der Waals surface area contributed by atoms with Crippen LogP contribution in [0, 0.1) is 0 Å². The van der Waals surface area contributed by atoms with E-state index in [4.69, 9.17) is 21.1 Å². The van der Waals surface area contributed by atoms with Crippen LogP contribution in [0.4, 0.5) is 0 Å². The second-order valence-electron chi connectivity index (χ2n) is 7.49. The SMILES string of the molecule is O=C(NCC(=O)N1CCN(S(=O)(=O)c2ccc3c(c2)OCCCO3)CC1)c1cc(Cl)ccn1. The van der Waals surface area contributed by atoms with Gasteiger partial charge in [-0.15, -0.1) is 0 Å². The van der Waals surface area contributed by atoms with E-state index in [1.165, 1.54) is 33.6 Å². The van der Waals surface area contributed by atoms with Gasteiger partial charge in [-0.2, -0.15) is 4.31 Å². The lowest BCUT2D eigenvalue weighted by Crippen LogP contribution is -2.52. The van der Waals surface area contributed by atoms with Crippen LogP contribution in [0.3, 0.4) is 0 Å². The van der Waals surface area contributed by atoms with Crippen molar-refractivity contribution in [3.05, 3.63) is 47.2 Å². The Labute approximate surface area is 196 Å². The van der Waals surface area contributed by atoms with Crippen LogP contribution >= 0.6 is 11.6 Å². The van der Waals surface area contributed by atoms with Crippen LogP contribution in [0.5, 0.6) is 11.5 Å². The predicted molar refractivity (Wildman–Crippen MR) is 119 cm³/mol. The second-order valence-corrected chi connectivity index (χ2v) is 9.86. The summed E-state index contributed by atoms with van der Waals surface area (Å²) in [5.74, 6) is 0.115. The van der Waals surface area contributed by atoms with E-state index in [-0.39, 0.29) is 49.2 Å². The van der Waals surface area contributed by atoms with Crippen molar-refractivity contribution in [3.8, 4) is 11.5 Å². The molecule has 1 saturated heterocycles. The maximum atomic E-state index is 13.1. The number of piperazine rings is 1. The molecule has 176 valence electrons. The number of aromatic nitrogens is 1. The van der Waals surface area contributed by atoms with Gasteiger partial charge in [0.15, 0.2) is 11.5 Å². The Morgan fingerprint density at radius 1 is 1.03 bits per heavy atom. The molecule has 4 rings (SSSR count). The van der Waals surface area contributed by atoms with Gasteiger partial charge in [-0.25, -0.2) is 8.42 Å². The smallest absolute Gasteiger partial charge is 0.270 e. The number of hydrogen-bond donors (Lipinski definition) is 1. The molecule has 10 nitrogen and oxygen atoms in total. The van der Waals surface area contributed by atoms with Gasteiger partial charge in [-0.3, -0.25) is 14.6 Å². The summed E-state index contributed by atoms with van der Waals surface area (Å²) in [5, 5.41) is 2.88. The lowest BCUT2D eigenvalue weighted by Gasteiger charge is -2.34. The molecule has 1 fully saturated rings. The van der Waals surface area contributed by atoms with Crippen LogP contribution in [0.15, 0.2) is 41.4 Å². The molecule has 0 bridgehead atoms. The van der Waals surface area contributed by atoms with E-state index in [1.54, 1.807) is 12.1 Å². The van der Waals surface area contributed by atoms with E-state index < -0.39 is 15.9 Å². The number of halogens is 1. The Morgan fingerprint density at radius 2 is 1.76 bits per heavy atom. The van der Waals surface area contributed by atoms with Gasteiger partial charge < -0.3 is 19.7 Å². The number of ether oxygens (including phenoxy) is 2. The van der Waals surface area contributed by atoms with Gasteiger partial charge in [0.25, 0.3) is 5.91 Å². The van der Waals surface area contributed by atoms with Crippen molar-refractivity contribution < 1.29 is 27.5 Å². The summed E-state index contributed by atoms with van der Waals surface area (Å²) in [6.07, 6.45) is 2.13. The predicted octanol–water partition coefficient (Wildman–Crippen LogP) is 1.16. The molecule has 2 amide bonds. The van der Waals surface area contributed by atoms with Gasteiger partial charge in [0.05, 0.1) is 24.7 Å². The summed E-state index contributed by atoms with van der Waals surface area (Å²) in [7, 11) is -3.75. The molecule has 0 atom stereocenters. The van der Waals surface area contributed by atoms with E-state index >= 15 is 0 Å². The highest BCUT2D eigenvalue weighted by Crippen LogP contribution is 2.33. The fourth-order valence-electron chi connectivity index (χ4n) is 3.52. The first-order chi connectivity index (χ1) is 15.8. The molecule has 33 heavy (non-hydrogen) atoms. The maximum absolute atomic E-state index is 13.1. The van der Waals surface area contributed by atoms with Crippen molar-refractivity contribution >= 4 is 33.4 Å². The van der Waals surface area contributed by atoms with Gasteiger partial charge in [0, 0.05) is 49.9 Å². The number of rotatable bonds is 5. The zero-order valence-corrected chi connectivity index (χ0v) is 19.3. The molecule has 0 saturated carbocycles. The van der Waals surface area contributed by atoms with Crippen LogP contribution in [0.1, 0.15) is 16.9 Å². The largest absolute Gasteiger partial charge is 0.490 e. The van der Waals surface area contributed by atoms with Gasteiger partial charge >= 0.3 is 0 Å². The maximum Gasteiger partial charge on any atom is 0.270 e. The van der Waals surface area contributed by atoms with E-state index in [0.29, 0.717) is 29.7 Å². The first kappa shape index (κ1) is 23.3. The monoisotopic (exact) mass is 494 g/mol. The topological polar surface area (TPSA) is 118 Å². The Kier molecular flexibility index (Phi) is 7.01. The third kappa shape index (κ3) is 5.37. The number of carbonyl (C=O) groups excluding carboxylic acids is 2. The highest BCUT2D eigenvalue weighted by atomic mass is 35.5. The number of fused-ring (bicyclic) bond motifs is 1. The van der Waals surface area contributed by atoms with E-state index in [9.17, 15) is 18.0 Å². The summed E-state index contributed by atoms with van der Waals surface area (Å²) in [6, 6.07) is 7.53. The lowest BCUT2D eigenvalue weighted by molar-refractivity contribution is -0.131. The molecule has 1 aromatic carbocycles. The van der Waals surface area contributed by atoms with Crippen molar-refractivity contribution in [2.24, 2.45) is 0 Å². The number of carbonyl (C=O) groups is 2. The molecule has 2 aromatic rings. The molecule has 1 aromatic heterocycles. The minimum Gasteiger partial charge on any atom is -0.490 e. The van der Waals surface area contributed by atoms with Gasteiger partial charge in [0.1, 0.15) is 5.69 Å². The molecule has 1 N–H and O–H groups in total. The molecule has 0 unspecified atom stereocenters. The number of amides is 2. The standard InChI is InChI=1S/C21H23ClN4O6S/c22-15-4-5-23-17(12-15)21(28)24-14-20(27)25-6-8-26(9-7-25)33(29,30)16-2-3-18-19(13-16)32-11-1-10-31-18/h2-5,12-13H,1,6-11,14H2,(H,24,28). The molecule has 0 spiro atoms. The molecule has 0 radical (unpaired) electrons. The van der Waals surface area contributed by atoms with Crippen molar-refractivity contribution in [2.45, 2.75) is 11.3 Å². The number of nitrogens with zero attached hydrogens (tertiary/aromatic N) is 3. The third-order valence-electron chi connectivity index (χ3n) is 5.30. The molecular weight excluding hydrogens is 472 g/mol. The molecule has 12 heteroatoms. The van der Waals surface area contributed by atoms with Crippen molar-refractivity contribution in [1.29, 1.82) is 0 Å². The van der Waals surface area contributed by atoms with Crippen LogP contribution in [0.2, 0.25) is 5.02 Å². The van der Waals surface area contributed by atoms with Crippen LogP contribution in [-0.2, 0) is 14.8 Å². The fourth-order valence-corrected chi connectivity index (χ4v) is 5.12. The summed E-state index contributed by atoms with van der Waals surface area (Å²) < 4.78 is 38.7. The summed E-state index contributed by atoms with van der Waals surface area (Å²) in [5.41, 5.74) is 0.112. The van der Waals surface area contributed by atoms with Gasteiger partial charge in [-0.05, 0) is 24.3 Å². The Hall–Kier alpha value is -2.89. The minimum atomic E-state index is -3.75. The molecule has 0 aliphatic carbocycles. The normalized spacial score (nSPS) is 16.7. The van der Waals surface area contributed by atoms with Crippen molar-refractivity contribution in [2.75, 3.05) is 45.9 Å². The first-order valence-corrected chi connectivity index (χ1v) is 12.2. The Morgan fingerprint density at radius 3 is 2.48 bits per heavy atom. The third-order valence-corrected chi connectivity index (χ3v) is 7.43. The molecular formula is C21H23ClN4O6S. The number of nitrogens with one attached hydrogen (secondary N) is 1. The Balaban J connectivity index is 1.33. The zero-order chi connectivity index (χ0) is 23.4. The molecule has 2 aliphatic heterocycles. The lowest BCUT2D eigenvalue weighted by atomic mass is 10.3. The molecule has 3 heterocycles.